The Balaban J connectivity index is 2.00. The van der Waals surface area contributed by atoms with Crippen molar-refractivity contribution in [1.82, 2.24) is 5.43 Å². The third-order valence-corrected chi connectivity index (χ3v) is 3.75. The second-order valence-electron chi connectivity index (χ2n) is 5.16. The molecule has 0 fully saturated rings. The van der Waals surface area contributed by atoms with Crippen LogP contribution in [0, 0.1) is 0 Å². The molecule has 0 aliphatic heterocycles. The van der Waals surface area contributed by atoms with Gasteiger partial charge in [-0.1, -0.05) is 24.3 Å². The van der Waals surface area contributed by atoms with Crippen LogP contribution in [0.15, 0.2) is 53.6 Å². The van der Waals surface area contributed by atoms with Gasteiger partial charge in [-0.2, -0.15) is 5.10 Å². The van der Waals surface area contributed by atoms with E-state index in [4.69, 9.17) is 4.74 Å². The number of nitrogens with one attached hydrogen (secondary N) is 1. The Hall–Kier alpha value is -2.82. The number of rotatable bonds is 7. The van der Waals surface area contributed by atoms with Crippen LogP contribution in [-0.2, 0) is 0 Å². The Labute approximate surface area is 142 Å². The predicted molar refractivity (Wildman–Crippen MR) is 98.1 cm³/mol. The van der Waals surface area contributed by atoms with E-state index in [1.54, 1.807) is 24.4 Å². The summed E-state index contributed by atoms with van der Waals surface area (Å²) in [5, 5.41) is 4.01. The van der Waals surface area contributed by atoms with E-state index in [-0.39, 0.29) is 5.91 Å². The monoisotopic (exact) mass is 325 g/mol. The molecule has 5 nitrogen and oxygen atoms in total. The molecule has 0 spiro atoms. The first-order chi connectivity index (χ1) is 11.7. The number of anilines is 1. The first kappa shape index (κ1) is 17.5. The van der Waals surface area contributed by atoms with E-state index in [0.717, 1.165) is 18.7 Å². The minimum absolute atomic E-state index is 0.302. The molecule has 0 atom stereocenters. The van der Waals surface area contributed by atoms with Crippen LogP contribution in [0.2, 0.25) is 0 Å². The summed E-state index contributed by atoms with van der Waals surface area (Å²) in [6, 6.07) is 15.1. The van der Waals surface area contributed by atoms with E-state index in [1.165, 1.54) is 12.8 Å². The van der Waals surface area contributed by atoms with Gasteiger partial charge in [-0.05, 0) is 43.7 Å². The molecule has 0 heterocycles. The van der Waals surface area contributed by atoms with Gasteiger partial charge in [0.2, 0.25) is 0 Å². The number of benzene rings is 2. The summed E-state index contributed by atoms with van der Waals surface area (Å²) in [6.45, 7) is 6.20. The van der Waals surface area contributed by atoms with Gasteiger partial charge < -0.3 is 9.64 Å². The standard InChI is InChI=1S/C19H23N3O2/c1-4-22(5-2)16-12-10-15(11-13-16)14-20-21-19(23)17-8-6-7-9-18(17)24-3/h6-14H,4-5H2,1-3H3,(H,21,23)/b20-14-. The molecule has 0 radical (unpaired) electrons. The number of ether oxygens (including phenoxy) is 1. The fourth-order valence-electron chi connectivity index (χ4n) is 2.42. The van der Waals surface area contributed by atoms with Crippen LogP contribution >= 0.6 is 0 Å². The highest BCUT2D eigenvalue weighted by Crippen LogP contribution is 2.17. The van der Waals surface area contributed by atoms with Crippen LogP contribution in [0.3, 0.4) is 0 Å². The quantitative estimate of drug-likeness (QED) is 0.628. The molecule has 126 valence electrons. The zero-order valence-corrected chi connectivity index (χ0v) is 14.3. The first-order valence-corrected chi connectivity index (χ1v) is 8.01. The van der Waals surface area contributed by atoms with E-state index in [2.05, 4.69) is 41.4 Å². The van der Waals surface area contributed by atoms with Crippen LogP contribution < -0.4 is 15.1 Å². The van der Waals surface area contributed by atoms with Crippen LogP contribution in [0.1, 0.15) is 29.8 Å². The van der Waals surface area contributed by atoms with E-state index < -0.39 is 0 Å². The molecule has 5 heteroatoms. The lowest BCUT2D eigenvalue weighted by molar-refractivity contribution is 0.0952. The summed E-state index contributed by atoms with van der Waals surface area (Å²) in [5.74, 6) is 0.220. The average molecular weight is 325 g/mol. The van der Waals surface area contributed by atoms with Crippen molar-refractivity contribution in [2.24, 2.45) is 5.10 Å². The summed E-state index contributed by atoms with van der Waals surface area (Å²) in [4.78, 5) is 14.4. The largest absolute Gasteiger partial charge is 0.496 e. The lowest BCUT2D eigenvalue weighted by Gasteiger charge is -2.20. The fourth-order valence-corrected chi connectivity index (χ4v) is 2.42. The molecule has 2 rings (SSSR count). The highest BCUT2D eigenvalue weighted by molar-refractivity contribution is 5.97. The van der Waals surface area contributed by atoms with Crippen LogP contribution in [0.25, 0.3) is 0 Å². The summed E-state index contributed by atoms with van der Waals surface area (Å²) in [5.41, 5.74) is 5.07. The number of hydrazone groups is 1. The minimum Gasteiger partial charge on any atom is -0.496 e. The maximum atomic E-state index is 12.1. The zero-order chi connectivity index (χ0) is 17.4. The molecular formula is C19H23N3O2. The van der Waals surface area contributed by atoms with E-state index in [1.807, 2.05) is 18.2 Å². The topological polar surface area (TPSA) is 53.9 Å². The lowest BCUT2D eigenvalue weighted by Crippen LogP contribution is -2.21. The van der Waals surface area contributed by atoms with Gasteiger partial charge in [0.25, 0.3) is 5.91 Å². The van der Waals surface area contributed by atoms with Gasteiger partial charge in [0, 0.05) is 18.8 Å². The fraction of sp³-hybridized carbons (Fsp3) is 0.263. The molecule has 2 aromatic rings. The smallest absolute Gasteiger partial charge is 0.275 e. The molecule has 1 amide bonds. The molecule has 0 unspecified atom stereocenters. The SMILES string of the molecule is CCN(CC)c1ccc(/C=N\NC(=O)c2ccccc2OC)cc1. The normalized spacial score (nSPS) is 10.6. The average Bonchev–Trinajstić information content (AvgIpc) is 2.63. The zero-order valence-electron chi connectivity index (χ0n) is 14.3. The highest BCUT2D eigenvalue weighted by atomic mass is 16.5. The van der Waals surface area contributed by atoms with Gasteiger partial charge in [-0.15, -0.1) is 0 Å². The highest BCUT2D eigenvalue weighted by Gasteiger charge is 2.09. The molecule has 24 heavy (non-hydrogen) atoms. The van der Waals surface area contributed by atoms with E-state index in [9.17, 15) is 4.79 Å². The van der Waals surface area contributed by atoms with Gasteiger partial charge in [0.1, 0.15) is 5.75 Å². The first-order valence-electron chi connectivity index (χ1n) is 8.01. The Bertz CT molecular complexity index is 692. The van der Waals surface area contributed by atoms with Gasteiger partial charge in [-0.25, -0.2) is 5.43 Å². The van der Waals surface area contributed by atoms with Gasteiger partial charge in [0.05, 0.1) is 18.9 Å². The van der Waals surface area contributed by atoms with Crippen molar-refractivity contribution in [2.75, 3.05) is 25.1 Å². The Morgan fingerprint density at radius 1 is 1.12 bits per heavy atom. The second-order valence-corrected chi connectivity index (χ2v) is 5.16. The Morgan fingerprint density at radius 3 is 2.42 bits per heavy atom. The van der Waals surface area contributed by atoms with E-state index >= 15 is 0 Å². The Kier molecular flexibility index (Phi) is 6.37. The van der Waals surface area contributed by atoms with Gasteiger partial charge in [0.15, 0.2) is 0 Å². The lowest BCUT2D eigenvalue weighted by atomic mass is 10.2. The van der Waals surface area contributed by atoms with E-state index in [0.29, 0.717) is 11.3 Å². The Morgan fingerprint density at radius 2 is 1.79 bits per heavy atom. The molecule has 0 saturated carbocycles. The van der Waals surface area contributed by atoms with Gasteiger partial charge >= 0.3 is 0 Å². The third-order valence-electron chi connectivity index (χ3n) is 3.75. The molecular weight excluding hydrogens is 302 g/mol. The van der Waals surface area contributed by atoms with Crippen LogP contribution in [0.4, 0.5) is 5.69 Å². The number of hydrogen-bond acceptors (Lipinski definition) is 4. The van der Waals surface area contributed by atoms with Crippen LogP contribution in [-0.4, -0.2) is 32.3 Å². The van der Waals surface area contributed by atoms with Crippen molar-refractivity contribution in [2.45, 2.75) is 13.8 Å². The molecule has 0 bridgehead atoms. The minimum atomic E-state index is -0.302. The number of hydrogen-bond donors (Lipinski definition) is 1. The summed E-state index contributed by atoms with van der Waals surface area (Å²) < 4.78 is 5.17. The summed E-state index contributed by atoms with van der Waals surface area (Å²) in [7, 11) is 1.53. The van der Waals surface area contributed by atoms with Gasteiger partial charge in [-0.3, -0.25) is 4.79 Å². The summed E-state index contributed by atoms with van der Waals surface area (Å²) in [6.07, 6.45) is 1.62. The number of methoxy groups -OCH3 is 1. The van der Waals surface area contributed by atoms with Crippen molar-refractivity contribution in [1.29, 1.82) is 0 Å². The number of carbonyl (C=O) groups excluding carboxylic acids is 1. The third kappa shape index (κ3) is 4.35. The number of nitrogens with zero attached hydrogens (tertiary/aromatic N) is 2. The summed E-state index contributed by atoms with van der Waals surface area (Å²) >= 11 is 0. The maximum Gasteiger partial charge on any atom is 0.275 e. The molecule has 0 aliphatic carbocycles. The molecule has 1 N–H and O–H groups in total. The van der Waals surface area contributed by atoms with Crippen molar-refractivity contribution in [3.05, 3.63) is 59.7 Å². The molecule has 0 aliphatic rings. The number of amides is 1. The maximum absolute atomic E-state index is 12.1. The molecule has 2 aromatic carbocycles. The predicted octanol–water partition coefficient (Wildman–Crippen LogP) is 3.31. The number of carbonyl (C=O) groups is 1. The molecule has 0 saturated heterocycles. The number of para-hydroxylation sites is 1. The van der Waals surface area contributed by atoms with Crippen molar-refractivity contribution >= 4 is 17.8 Å². The van der Waals surface area contributed by atoms with Crippen molar-refractivity contribution < 1.29 is 9.53 Å². The second kappa shape index (κ2) is 8.72. The molecule has 0 aromatic heterocycles. The van der Waals surface area contributed by atoms with Crippen molar-refractivity contribution in [3.63, 3.8) is 0 Å². The van der Waals surface area contributed by atoms with Crippen molar-refractivity contribution in [3.8, 4) is 5.75 Å². The van der Waals surface area contributed by atoms with Crippen LogP contribution in [0.5, 0.6) is 5.75 Å².